The minimum Gasteiger partial charge on any atom is -0.289 e. The Kier molecular flexibility index (Phi) is 4.89. The van der Waals surface area contributed by atoms with Crippen molar-refractivity contribution in [3.05, 3.63) is 34.3 Å². The second kappa shape index (κ2) is 5.99. The Morgan fingerprint density at radius 1 is 1.28 bits per heavy atom. The first-order valence-electron chi connectivity index (χ1n) is 4.94. The van der Waals surface area contributed by atoms with Gasteiger partial charge in [-0.3, -0.25) is 14.9 Å². The summed E-state index contributed by atoms with van der Waals surface area (Å²) in [5.74, 6) is -3.18. The van der Waals surface area contributed by atoms with Gasteiger partial charge < -0.3 is 0 Å². The number of imide groups is 1. The summed E-state index contributed by atoms with van der Waals surface area (Å²) in [6.45, 7) is 0. The summed E-state index contributed by atoms with van der Waals surface area (Å²) in [5.41, 5.74) is 0.791. The highest BCUT2D eigenvalue weighted by Crippen LogP contribution is 2.15. The van der Waals surface area contributed by atoms with Gasteiger partial charge in [-0.25, -0.2) is 0 Å². The molecule has 0 saturated heterocycles. The molecule has 0 aromatic heterocycles. The number of aryl methyl sites for hydroxylation is 1. The molecule has 1 aromatic rings. The Morgan fingerprint density at radius 2 is 1.94 bits per heavy atom. The lowest BCUT2D eigenvalue weighted by atomic mass is 10.1. The van der Waals surface area contributed by atoms with Crippen LogP contribution >= 0.6 is 15.9 Å². The van der Waals surface area contributed by atoms with Gasteiger partial charge in [-0.05, 0) is 24.1 Å². The molecule has 1 aromatic carbocycles. The van der Waals surface area contributed by atoms with E-state index in [0.717, 1.165) is 10.0 Å². The third-order valence-electron chi connectivity index (χ3n) is 2.04. The van der Waals surface area contributed by atoms with Crippen LogP contribution in [0.1, 0.15) is 12.0 Å². The van der Waals surface area contributed by atoms with E-state index in [9.17, 15) is 22.8 Å². The van der Waals surface area contributed by atoms with E-state index >= 15 is 0 Å². The molecule has 0 aliphatic rings. The predicted octanol–water partition coefficient (Wildman–Crippen LogP) is 2.59. The zero-order chi connectivity index (χ0) is 13.8. The molecule has 7 heteroatoms. The van der Waals surface area contributed by atoms with Crippen LogP contribution in [0.3, 0.4) is 0 Å². The van der Waals surface area contributed by atoms with Gasteiger partial charge in [0.25, 0.3) is 0 Å². The number of benzene rings is 1. The van der Waals surface area contributed by atoms with Crippen molar-refractivity contribution in [3.63, 3.8) is 0 Å². The van der Waals surface area contributed by atoms with Gasteiger partial charge in [-0.15, -0.1) is 0 Å². The second-order valence-corrected chi connectivity index (χ2v) is 4.42. The van der Waals surface area contributed by atoms with E-state index in [1.807, 2.05) is 0 Å². The number of rotatable bonds is 3. The average Bonchev–Trinajstić information content (AvgIpc) is 2.25. The van der Waals surface area contributed by atoms with Crippen molar-refractivity contribution < 1.29 is 22.8 Å². The molecule has 0 saturated carbocycles. The van der Waals surface area contributed by atoms with Gasteiger partial charge in [0.2, 0.25) is 5.91 Å². The van der Waals surface area contributed by atoms with E-state index < -0.39 is 18.0 Å². The maximum Gasteiger partial charge on any atom is 0.471 e. The topological polar surface area (TPSA) is 46.2 Å². The lowest BCUT2D eigenvalue weighted by Gasteiger charge is -2.06. The summed E-state index contributed by atoms with van der Waals surface area (Å²) in [5, 5.41) is 1.29. The van der Waals surface area contributed by atoms with Gasteiger partial charge in [-0.2, -0.15) is 13.2 Å². The molecule has 0 radical (unpaired) electrons. The smallest absolute Gasteiger partial charge is 0.289 e. The number of hydrogen-bond acceptors (Lipinski definition) is 2. The summed E-state index contributed by atoms with van der Waals surface area (Å²) in [4.78, 5) is 21.6. The second-order valence-electron chi connectivity index (χ2n) is 3.50. The zero-order valence-corrected chi connectivity index (χ0v) is 10.6. The fourth-order valence-corrected chi connectivity index (χ4v) is 1.66. The van der Waals surface area contributed by atoms with Crippen molar-refractivity contribution in [1.29, 1.82) is 0 Å². The van der Waals surface area contributed by atoms with Gasteiger partial charge >= 0.3 is 12.1 Å². The molecule has 1 rings (SSSR count). The van der Waals surface area contributed by atoms with Crippen LogP contribution in [0.25, 0.3) is 0 Å². The third kappa shape index (κ3) is 4.87. The van der Waals surface area contributed by atoms with Crippen LogP contribution in [0.2, 0.25) is 0 Å². The first-order valence-corrected chi connectivity index (χ1v) is 5.74. The Labute approximate surface area is 109 Å². The average molecular weight is 324 g/mol. The van der Waals surface area contributed by atoms with Gasteiger partial charge in [-0.1, -0.05) is 28.1 Å². The minimum atomic E-state index is -5.04. The number of carbonyl (C=O) groups is 2. The molecule has 98 valence electrons. The summed E-state index contributed by atoms with van der Waals surface area (Å²) in [6.07, 6.45) is -4.96. The predicted molar refractivity (Wildman–Crippen MR) is 61.7 cm³/mol. The van der Waals surface area contributed by atoms with Gasteiger partial charge in [0, 0.05) is 10.9 Å². The van der Waals surface area contributed by atoms with Crippen LogP contribution in [0, 0.1) is 0 Å². The third-order valence-corrected chi connectivity index (χ3v) is 2.53. The number of amides is 2. The normalized spacial score (nSPS) is 11.1. The Bertz CT molecular complexity index is 460. The fourth-order valence-electron chi connectivity index (χ4n) is 1.21. The van der Waals surface area contributed by atoms with Gasteiger partial charge in [0.1, 0.15) is 0 Å². The van der Waals surface area contributed by atoms with E-state index in [4.69, 9.17) is 0 Å². The number of nitrogens with one attached hydrogen (secondary N) is 1. The summed E-state index contributed by atoms with van der Waals surface area (Å²) < 4.78 is 36.4. The Morgan fingerprint density at radius 3 is 2.50 bits per heavy atom. The molecular weight excluding hydrogens is 315 g/mol. The molecule has 18 heavy (non-hydrogen) atoms. The lowest BCUT2D eigenvalue weighted by Crippen LogP contribution is -2.40. The molecule has 0 aliphatic heterocycles. The standard InChI is InChI=1S/C11H9BrF3NO2/c12-8-3-1-2-7(6-8)4-5-9(17)16-10(18)11(13,14)15/h1-3,6H,4-5H2,(H,16,17,18). The summed E-state index contributed by atoms with van der Waals surface area (Å²) in [7, 11) is 0. The maximum absolute atomic E-state index is 11.9. The molecule has 0 atom stereocenters. The number of alkyl halides is 3. The first-order chi connectivity index (χ1) is 8.29. The van der Waals surface area contributed by atoms with Gasteiger partial charge in [0.15, 0.2) is 0 Å². The van der Waals surface area contributed by atoms with E-state index in [1.165, 1.54) is 5.32 Å². The summed E-state index contributed by atoms with van der Waals surface area (Å²) in [6, 6.07) is 7.03. The first kappa shape index (κ1) is 14.7. The quantitative estimate of drug-likeness (QED) is 0.929. The van der Waals surface area contributed by atoms with Crippen LogP contribution in [0.4, 0.5) is 13.2 Å². The van der Waals surface area contributed by atoms with Crippen molar-refractivity contribution in [2.75, 3.05) is 0 Å². The molecule has 0 heterocycles. The SMILES string of the molecule is O=C(CCc1cccc(Br)c1)NC(=O)C(F)(F)F. The number of hydrogen-bond donors (Lipinski definition) is 1. The van der Waals surface area contributed by atoms with Crippen molar-refractivity contribution in [1.82, 2.24) is 5.32 Å². The fraction of sp³-hybridized carbons (Fsp3) is 0.273. The monoisotopic (exact) mass is 323 g/mol. The molecule has 2 amide bonds. The summed E-state index contributed by atoms with van der Waals surface area (Å²) >= 11 is 3.23. The lowest BCUT2D eigenvalue weighted by molar-refractivity contribution is -0.174. The number of halogens is 4. The molecule has 0 fully saturated rings. The van der Waals surface area contributed by atoms with Crippen LogP contribution in [-0.4, -0.2) is 18.0 Å². The Balaban J connectivity index is 2.45. The van der Waals surface area contributed by atoms with E-state index in [0.29, 0.717) is 0 Å². The van der Waals surface area contributed by atoms with E-state index in [2.05, 4.69) is 15.9 Å². The van der Waals surface area contributed by atoms with E-state index in [1.54, 1.807) is 24.3 Å². The number of carbonyl (C=O) groups excluding carboxylic acids is 2. The van der Waals surface area contributed by atoms with Crippen molar-refractivity contribution in [2.45, 2.75) is 19.0 Å². The van der Waals surface area contributed by atoms with Crippen molar-refractivity contribution in [2.24, 2.45) is 0 Å². The molecule has 3 nitrogen and oxygen atoms in total. The molecule has 0 spiro atoms. The van der Waals surface area contributed by atoms with E-state index in [-0.39, 0.29) is 12.8 Å². The highest BCUT2D eigenvalue weighted by molar-refractivity contribution is 9.10. The maximum atomic E-state index is 11.9. The molecular formula is C11H9BrF3NO2. The van der Waals surface area contributed by atoms with Crippen LogP contribution in [0.5, 0.6) is 0 Å². The minimum absolute atomic E-state index is 0.182. The largest absolute Gasteiger partial charge is 0.471 e. The van der Waals surface area contributed by atoms with Crippen LogP contribution in [-0.2, 0) is 16.0 Å². The van der Waals surface area contributed by atoms with Gasteiger partial charge in [0.05, 0.1) is 0 Å². The zero-order valence-electron chi connectivity index (χ0n) is 9.05. The highest BCUT2D eigenvalue weighted by Gasteiger charge is 2.39. The van der Waals surface area contributed by atoms with Crippen LogP contribution in [0.15, 0.2) is 28.7 Å². The molecule has 1 N–H and O–H groups in total. The molecule has 0 unspecified atom stereocenters. The Hall–Kier alpha value is -1.37. The highest BCUT2D eigenvalue weighted by atomic mass is 79.9. The van der Waals surface area contributed by atoms with Crippen LogP contribution < -0.4 is 5.32 Å². The molecule has 0 aliphatic carbocycles. The van der Waals surface area contributed by atoms with Crippen molar-refractivity contribution in [3.8, 4) is 0 Å². The molecule has 0 bridgehead atoms. The van der Waals surface area contributed by atoms with Crippen molar-refractivity contribution >= 4 is 27.7 Å².